The molecule has 1 aromatic rings. The maximum atomic E-state index is 12.5. The molecule has 2 aliphatic rings. The SMILES string of the molecule is O=C1C(=Cc2ccccc2Cl)SC(=S)N1CC1CCCO1. The zero-order valence-corrected chi connectivity index (χ0v) is 13.6. The van der Waals surface area contributed by atoms with Gasteiger partial charge in [-0.25, -0.2) is 0 Å². The molecule has 2 aliphatic heterocycles. The van der Waals surface area contributed by atoms with Crippen LogP contribution in [0.1, 0.15) is 18.4 Å². The summed E-state index contributed by atoms with van der Waals surface area (Å²) in [6, 6.07) is 7.45. The van der Waals surface area contributed by atoms with Crippen molar-refractivity contribution in [3.8, 4) is 0 Å². The van der Waals surface area contributed by atoms with Crippen LogP contribution in [0.4, 0.5) is 0 Å². The van der Waals surface area contributed by atoms with E-state index in [0.29, 0.717) is 20.8 Å². The van der Waals surface area contributed by atoms with Gasteiger partial charge in [-0.3, -0.25) is 9.69 Å². The molecular weight excluding hydrogens is 326 g/mol. The number of nitrogens with zero attached hydrogens (tertiary/aromatic N) is 1. The number of halogens is 1. The van der Waals surface area contributed by atoms with Crippen molar-refractivity contribution >= 4 is 51.9 Å². The van der Waals surface area contributed by atoms with Gasteiger partial charge in [0, 0.05) is 11.6 Å². The minimum Gasteiger partial charge on any atom is -0.376 e. The molecule has 0 radical (unpaired) electrons. The predicted molar refractivity (Wildman–Crippen MR) is 90.3 cm³/mol. The van der Waals surface area contributed by atoms with Crippen LogP contribution in [0.3, 0.4) is 0 Å². The van der Waals surface area contributed by atoms with Gasteiger partial charge in [0.15, 0.2) is 0 Å². The Morgan fingerprint density at radius 2 is 2.29 bits per heavy atom. The van der Waals surface area contributed by atoms with Crippen LogP contribution in [-0.4, -0.2) is 34.4 Å². The first kappa shape index (κ1) is 15.0. The van der Waals surface area contributed by atoms with Crippen molar-refractivity contribution in [1.82, 2.24) is 4.90 Å². The van der Waals surface area contributed by atoms with Crippen LogP contribution in [-0.2, 0) is 9.53 Å². The number of benzene rings is 1. The molecule has 0 aromatic heterocycles. The van der Waals surface area contributed by atoms with Crippen LogP contribution >= 0.6 is 35.6 Å². The molecule has 0 saturated carbocycles. The normalized spacial score (nSPS) is 24.3. The number of hydrogen-bond donors (Lipinski definition) is 0. The monoisotopic (exact) mass is 339 g/mol. The first-order valence-corrected chi connectivity index (χ1v) is 8.37. The third-order valence-corrected chi connectivity index (χ3v) is 5.20. The first-order chi connectivity index (χ1) is 10.1. The van der Waals surface area contributed by atoms with Crippen LogP contribution in [0.2, 0.25) is 5.02 Å². The largest absolute Gasteiger partial charge is 0.376 e. The Bertz CT molecular complexity index is 611. The molecule has 1 atom stereocenters. The lowest BCUT2D eigenvalue weighted by Gasteiger charge is -2.18. The number of ether oxygens (including phenoxy) is 1. The smallest absolute Gasteiger partial charge is 0.266 e. The highest BCUT2D eigenvalue weighted by molar-refractivity contribution is 8.26. The molecule has 6 heteroatoms. The van der Waals surface area contributed by atoms with Crippen LogP contribution in [0, 0.1) is 0 Å². The Labute approximate surface area is 138 Å². The molecular formula is C15H14ClNO2S2. The average Bonchev–Trinajstić information content (AvgIpc) is 3.06. The molecule has 2 saturated heterocycles. The number of thiocarbonyl (C=S) groups is 1. The van der Waals surface area contributed by atoms with E-state index >= 15 is 0 Å². The van der Waals surface area contributed by atoms with Crippen LogP contribution in [0.5, 0.6) is 0 Å². The third kappa shape index (κ3) is 3.31. The summed E-state index contributed by atoms with van der Waals surface area (Å²) < 4.78 is 6.17. The minimum atomic E-state index is -0.0552. The summed E-state index contributed by atoms with van der Waals surface area (Å²) in [4.78, 5) is 14.7. The quantitative estimate of drug-likeness (QED) is 0.620. The second-order valence-corrected chi connectivity index (χ2v) is 7.03. The van der Waals surface area contributed by atoms with E-state index in [9.17, 15) is 4.79 Å². The van der Waals surface area contributed by atoms with E-state index in [-0.39, 0.29) is 12.0 Å². The maximum absolute atomic E-state index is 12.5. The Kier molecular flexibility index (Phi) is 4.64. The zero-order chi connectivity index (χ0) is 14.8. The molecule has 1 unspecified atom stereocenters. The van der Waals surface area contributed by atoms with Gasteiger partial charge in [-0.05, 0) is 30.5 Å². The minimum absolute atomic E-state index is 0.0552. The fourth-order valence-electron chi connectivity index (χ4n) is 2.38. The number of amides is 1. The second kappa shape index (κ2) is 6.48. The van der Waals surface area contributed by atoms with Crippen molar-refractivity contribution in [1.29, 1.82) is 0 Å². The summed E-state index contributed by atoms with van der Waals surface area (Å²) in [5.41, 5.74) is 0.830. The van der Waals surface area contributed by atoms with E-state index < -0.39 is 0 Å². The van der Waals surface area contributed by atoms with Gasteiger partial charge in [-0.2, -0.15) is 0 Å². The van der Waals surface area contributed by atoms with Crippen LogP contribution in [0.15, 0.2) is 29.2 Å². The van der Waals surface area contributed by atoms with Gasteiger partial charge < -0.3 is 4.74 Å². The highest BCUT2D eigenvalue weighted by Gasteiger charge is 2.34. The number of carbonyl (C=O) groups excluding carboxylic acids is 1. The molecule has 0 N–H and O–H groups in total. The molecule has 1 aromatic carbocycles. The van der Waals surface area contributed by atoms with E-state index in [1.54, 1.807) is 17.0 Å². The molecule has 2 heterocycles. The molecule has 0 bridgehead atoms. The lowest BCUT2D eigenvalue weighted by atomic mass is 10.2. The molecule has 2 fully saturated rings. The maximum Gasteiger partial charge on any atom is 0.266 e. The molecule has 110 valence electrons. The second-order valence-electron chi connectivity index (χ2n) is 4.95. The van der Waals surface area contributed by atoms with Crippen molar-refractivity contribution in [3.63, 3.8) is 0 Å². The average molecular weight is 340 g/mol. The number of carbonyl (C=O) groups is 1. The number of thioether (sulfide) groups is 1. The molecule has 3 rings (SSSR count). The van der Waals surface area contributed by atoms with Gasteiger partial charge in [0.1, 0.15) is 4.32 Å². The molecule has 1 amide bonds. The molecule has 0 spiro atoms. The van der Waals surface area contributed by atoms with Crippen molar-refractivity contribution in [2.24, 2.45) is 0 Å². The van der Waals surface area contributed by atoms with Gasteiger partial charge in [-0.15, -0.1) is 0 Å². The van der Waals surface area contributed by atoms with Crippen molar-refractivity contribution < 1.29 is 9.53 Å². The van der Waals surface area contributed by atoms with E-state index in [4.69, 9.17) is 28.6 Å². The van der Waals surface area contributed by atoms with E-state index in [2.05, 4.69) is 0 Å². The fraction of sp³-hybridized carbons (Fsp3) is 0.333. The third-order valence-electron chi connectivity index (χ3n) is 3.48. The first-order valence-electron chi connectivity index (χ1n) is 6.76. The lowest BCUT2D eigenvalue weighted by molar-refractivity contribution is -0.123. The predicted octanol–water partition coefficient (Wildman–Crippen LogP) is 3.72. The molecule has 21 heavy (non-hydrogen) atoms. The summed E-state index contributed by atoms with van der Waals surface area (Å²) >= 11 is 12.8. The van der Waals surface area contributed by atoms with Crippen LogP contribution in [0.25, 0.3) is 6.08 Å². The van der Waals surface area contributed by atoms with Crippen molar-refractivity contribution in [3.05, 3.63) is 39.8 Å². The fourth-order valence-corrected chi connectivity index (χ4v) is 3.84. The summed E-state index contributed by atoms with van der Waals surface area (Å²) in [7, 11) is 0. The number of rotatable bonds is 3. The van der Waals surface area contributed by atoms with Gasteiger partial charge in [0.25, 0.3) is 5.91 Å². The Morgan fingerprint density at radius 1 is 1.48 bits per heavy atom. The van der Waals surface area contributed by atoms with Crippen molar-refractivity contribution in [2.45, 2.75) is 18.9 Å². The Balaban J connectivity index is 1.78. The van der Waals surface area contributed by atoms with Crippen LogP contribution < -0.4 is 0 Å². The standard InChI is InChI=1S/C15H14ClNO2S2/c16-12-6-2-1-4-10(12)8-13-14(18)17(15(20)21-13)9-11-5-3-7-19-11/h1-2,4,6,8,11H,3,5,7,9H2. The number of hydrogen-bond acceptors (Lipinski definition) is 4. The topological polar surface area (TPSA) is 29.5 Å². The van der Waals surface area contributed by atoms with E-state index in [0.717, 1.165) is 25.0 Å². The Morgan fingerprint density at radius 3 is 3.00 bits per heavy atom. The molecule has 3 nitrogen and oxygen atoms in total. The van der Waals surface area contributed by atoms with Gasteiger partial charge >= 0.3 is 0 Å². The van der Waals surface area contributed by atoms with E-state index in [1.807, 2.05) is 18.2 Å². The summed E-state index contributed by atoms with van der Waals surface area (Å²) in [6.07, 6.45) is 3.94. The highest BCUT2D eigenvalue weighted by Crippen LogP contribution is 2.34. The van der Waals surface area contributed by atoms with Gasteiger partial charge in [-0.1, -0.05) is 53.8 Å². The lowest BCUT2D eigenvalue weighted by Crippen LogP contribution is -2.35. The molecule has 0 aliphatic carbocycles. The van der Waals surface area contributed by atoms with Gasteiger partial charge in [0.2, 0.25) is 0 Å². The van der Waals surface area contributed by atoms with E-state index in [1.165, 1.54) is 11.8 Å². The Hall–Kier alpha value is -0.880. The zero-order valence-electron chi connectivity index (χ0n) is 11.3. The summed E-state index contributed by atoms with van der Waals surface area (Å²) in [6.45, 7) is 1.32. The summed E-state index contributed by atoms with van der Waals surface area (Å²) in [5.74, 6) is -0.0552. The highest BCUT2D eigenvalue weighted by atomic mass is 35.5. The summed E-state index contributed by atoms with van der Waals surface area (Å²) in [5, 5.41) is 0.627. The van der Waals surface area contributed by atoms with Gasteiger partial charge in [0.05, 0.1) is 17.6 Å². The van der Waals surface area contributed by atoms with Crippen molar-refractivity contribution in [2.75, 3.05) is 13.2 Å².